The second kappa shape index (κ2) is 5.33. The van der Waals surface area contributed by atoms with Gasteiger partial charge in [0.15, 0.2) is 0 Å². The van der Waals surface area contributed by atoms with Crippen LogP contribution in [0.2, 0.25) is 0 Å². The first-order chi connectivity index (χ1) is 5.48. The van der Waals surface area contributed by atoms with E-state index in [0.717, 1.165) is 0 Å². The van der Waals surface area contributed by atoms with Crippen molar-refractivity contribution in [3.63, 3.8) is 0 Å². The van der Waals surface area contributed by atoms with Crippen LogP contribution in [0.25, 0.3) is 0 Å². The molecular weight excluding hydrogens is 177 g/mol. The van der Waals surface area contributed by atoms with Crippen molar-refractivity contribution in [2.24, 2.45) is 11.1 Å². The highest BCUT2D eigenvalue weighted by molar-refractivity contribution is 7.58. The average molecular weight is 193 g/mol. The molecule has 0 saturated carbocycles. The molecule has 0 aliphatic rings. The van der Waals surface area contributed by atoms with Crippen LogP contribution >= 0.6 is 7.37 Å². The van der Waals surface area contributed by atoms with Gasteiger partial charge in [-0.05, 0) is 12.3 Å². The molecule has 2 N–H and O–H groups in total. The minimum Gasteiger partial charge on any atom is -0.411 e. The molecule has 72 valence electrons. The zero-order chi connectivity index (χ0) is 9.61. The van der Waals surface area contributed by atoms with Crippen LogP contribution in [0.15, 0.2) is 5.16 Å². The summed E-state index contributed by atoms with van der Waals surface area (Å²) >= 11 is 0. The van der Waals surface area contributed by atoms with Gasteiger partial charge in [0, 0.05) is 18.5 Å². The van der Waals surface area contributed by atoms with E-state index in [-0.39, 0.29) is 12.1 Å². The first-order valence-corrected chi connectivity index (χ1v) is 5.97. The number of hydrogen-bond donors (Lipinski definition) is 2. The van der Waals surface area contributed by atoms with Gasteiger partial charge in [-0.1, -0.05) is 13.8 Å². The minimum atomic E-state index is -2.98. The van der Waals surface area contributed by atoms with Crippen LogP contribution in [0.5, 0.6) is 0 Å². The van der Waals surface area contributed by atoms with Crippen molar-refractivity contribution >= 4 is 13.6 Å². The van der Waals surface area contributed by atoms with Gasteiger partial charge in [-0.15, -0.1) is 5.16 Å². The zero-order valence-electron chi connectivity index (χ0n) is 7.47. The van der Waals surface area contributed by atoms with Crippen molar-refractivity contribution in [1.29, 1.82) is 0 Å². The van der Waals surface area contributed by atoms with Crippen molar-refractivity contribution in [3.05, 3.63) is 0 Å². The average Bonchev–Trinajstić information content (AvgIpc) is 1.84. The Balaban J connectivity index is 3.79. The topological polar surface area (TPSA) is 69.9 Å². The predicted molar refractivity (Wildman–Crippen MR) is 49.3 cm³/mol. The standard InChI is InChI=1S/C7H16NO3P/c1-7(2)6-12(10,11)5-3-4-8-9/h4,7,9H,3,5-6H2,1-2H3,(H,10,11). The van der Waals surface area contributed by atoms with Crippen molar-refractivity contribution in [1.82, 2.24) is 0 Å². The molecule has 5 heteroatoms. The Kier molecular flexibility index (Phi) is 5.18. The van der Waals surface area contributed by atoms with Crippen LogP contribution in [0.3, 0.4) is 0 Å². The summed E-state index contributed by atoms with van der Waals surface area (Å²) in [5.41, 5.74) is 0. The van der Waals surface area contributed by atoms with Gasteiger partial charge in [-0.25, -0.2) is 0 Å². The Morgan fingerprint density at radius 1 is 1.58 bits per heavy atom. The molecule has 0 aliphatic carbocycles. The fourth-order valence-electron chi connectivity index (χ4n) is 0.979. The van der Waals surface area contributed by atoms with Gasteiger partial charge in [0.05, 0.1) is 0 Å². The van der Waals surface area contributed by atoms with E-state index in [4.69, 9.17) is 5.21 Å². The molecule has 0 aromatic heterocycles. The molecule has 1 unspecified atom stereocenters. The molecule has 0 rings (SSSR count). The summed E-state index contributed by atoms with van der Waals surface area (Å²) in [4.78, 5) is 9.32. The van der Waals surface area contributed by atoms with E-state index in [0.29, 0.717) is 12.6 Å². The van der Waals surface area contributed by atoms with Gasteiger partial charge in [-0.3, -0.25) is 4.57 Å². The van der Waals surface area contributed by atoms with Gasteiger partial charge in [0.1, 0.15) is 0 Å². The van der Waals surface area contributed by atoms with Crippen LogP contribution in [0.4, 0.5) is 0 Å². The summed E-state index contributed by atoms with van der Waals surface area (Å²) in [6.45, 7) is 3.81. The van der Waals surface area contributed by atoms with E-state index in [2.05, 4.69) is 5.16 Å². The second-order valence-corrected chi connectivity index (χ2v) is 5.74. The highest BCUT2D eigenvalue weighted by atomic mass is 31.2. The maximum atomic E-state index is 11.3. The van der Waals surface area contributed by atoms with Gasteiger partial charge in [0.2, 0.25) is 7.37 Å². The molecular formula is C7H16NO3P. The van der Waals surface area contributed by atoms with E-state index in [1.807, 2.05) is 13.8 Å². The predicted octanol–water partition coefficient (Wildman–Crippen LogP) is 1.76. The number of rotatable bonds is 5. The zero-order valence-corrected chi connectivity index (χ0v) is 8.37. The minimum absolute atomic E-state index is 0.204. The molecule has 0 radical (unpaired) electrons. The highest BCUT2D eigenvalue weighted by Gasteiger charge is 2.18. The van der Waals surface area contributed by atoms with E-state index in [9.17, 15) is 9.46 Å². The van der Waals surface area contributed by atoms with Crippen LogP contribution in [0, 0.1) is 5.92 Å². The molecule has 0 heterocycles. The Morgan fingerprint density at radius 3 is 2.58 bits per heavy atom. The highest BCUT2D eigenvalue weighted by Crippen LogP contribution is 2.42. The summed E-state index contributed by atoms with van der Waals surface area (Å²) in [6, 6.07) is 0. The molecule has 0 aromatic carbocycles. The van der Waals surface area contributed by atoms with E-state index in [1.165, 1.54) is 6.21 Å². The molecule has 0 spiro atoms. The second-order valence-electron chi connectivity index (χ2n) is 3.23. The molecule has 0 bridgehead atoms. The fourth-order valence-corrected chi connectivity index (χ4v) is 2.82. The maximum Gasteiger partial charge on any atom is 0.201 e. The van der Waals surface area contributed by atoms with Crippen LogP contribution in [0.1, 0.15) is 20.3 Å². The summed E-state index contributed by atoms with van der Waals surface area (Å²) in [5.74, 6) is 0.229. The lowest BCUT2D eigenvalue weighted by Crippen LogP contribution is -2.01. The summed E-state index contributed by atoms with van der Waals surface area (Å²) in [5, 5.41) is 10.8. The van der Waals surface area contributed by atoms with Crippen LogP contribution in [-0.2, 0) is 4.57 Å². The number of oxime groups is 1. The quantitative estimate of drug-likeness (QED) is 0.302. The third-order valence-electron chi connectivity index (χ3n) is 1.34. The SMILES string of the molecule is CC(C)CP(=O)(O)CCC=NO. The lowest BCUT2D eigenvalue weighted by atomic mass is 10.3. The first kappa shape index (κ1) is 11.7. The third-order valence-corrected chi connectivity index (χ3v) is 3.60. The lowest BCUT2D eigenvalue weighted by molar-refractivity contribution is 0.320. The molecule has 0 saturated heterocycles. The Hall–Kier alpha value is -0.340. The molecule has 12 heavy (non-hydrogen) atoms. The number of hydrogen-bond acceptors (Lipinski definition) is 3. The normalized spacial score (nSPS) is 17.0. The monoisotopic (exact) mass is 193 g/mol. The van der Waals surface area contributed by atoms with Gasteiger partial charge in [0.25, 0.3) is 0 Å². The molecule has 0 fully saturated rings. The fraction of sp³-hybridized carbons (Fsp3) is 0.857. The van der Waals surface area contributed by atoms with Crippen LogP contribution in [-0.4, -0.2) is 28.6 Å². The summed E-state index contributed by atoms with van der Waals surface area (Å²) < 4.78 is 11.3. The van der Waals surface area contributed by atoms with Crippen molar-refractivity contribution in [3.8, 4) is 0 Å². The van der Waals surface area contributed by atoms with Crippen molar-refractivity contribution in [2.75, 3.05) is 12.3 Å². The lowest BCUT2D eigenvalue weighted by Gasteiger charge is -2.11. The van der Waals surface area contributed by atoms with Crippen LogP contribution < -0.4 is 0 Å². The smallest absolute Gasteiger partial charge is 0.201 e. The molecule has 1 atom stereocenters. The Morgan fingerprint density at radius 2 is 2.17 bits per heavy atom. The summed E-state index contributed by atoms with van der Waals surface area (Å²) in [6.07, 6.45) is 2.14. The Labute approximate surface area is 72.7 Å². The molecule has 4 nitrogen and oxygen atoms in total. The van der Waals surface area contributed by atoms with E-state index < -0.39 is 7.37 Å². The van der Waals surface area contributed by atoms with Crippen molar-refractivity contribution in [2.45, 2.75) is 20.3 Å². The number of nitrogens with zero attached hydrogens (tertiary/aromatic N) is 1. The first-order valence-electron chi connectivity index (χ1n) is 3.94. The summed E-state index contributed by atoms with van der Waals surface area (Å²) in [7, 11) is -2.98. The molecule has 0 aliphatic heterocycles. The molecule has 0 aromatic rings. The van der Waals surface area contributed by atoms with E-state index in [1.54, 1.807) is 0 Å². The van der Waals surface area contributed by atoms with Gasteiger partial charge in [-0.2, -0.15) is 0 Å². The van der Waals surface area contributed by atoms with Gasteiger partial charge >= 0.3 is 0 Å². The van der Waals surface area contributed by atoms with Crippen molar-refractivity contribution < 1.29 is 14.7 Å². The van der Waals surface area contributed by atoms with Gasteiger partial charge < -0.3 is 10.1 Å². The Bertz CT molecular complexity index is 191. The van der Waals surface area contributed by atoms with E-state index >= 15 is 0 Å². The largest absolute Gasteiger partial charge is 0.411 e. The third kappa shape index (κ3) is 6.38. The molecule has 0 amide bonds. The maximum absolute atomic E-state index is 11.3.